The molecule has 0 saturated carbocycles. The lowest BCUT2D eigenvalue weighted by atomic mass is 10.0. The molecule has 2 atom stereocenters. The third kappa shape index (κ3) is 63.8. The molecule has 9 heteroatoms. The molecule has 9 nitrogen and oxygen atoms in total. The van der Waals surface area contributed by atoms with E-state index in [0.717, 1.165) is 128 Å². The summed E-state index contributed by atoms with van der Waals surface area (Å²) >= 11 is 0. The number of nitrogens with zero attached hydrogens (tertiary/aromatic N) is 1. The van der Waals surface area contributed by atoms with Crippen LogP contribution in [0.4, 0.5) is 0 Å². The number of quaternary nitrogens is 1. The highest BCUT2D eigenvalue weighted by molar-refractivity contribution is 5.71. The normalized spacial score (nSPS) is 14.0. The number of likely N-dealkylation sites (N-methyl/N-ethyl adjacent to an activating group) is 1. The number of unbranched alkanes of at least 4 members (excludes halogenated alkanes) is 11. The van der Waals surface area contributed by atoms with Crippen LogP contribution >= 0.6 is 0 Å². The van der Waals surface area contributed by atoms with Crippen LogP contribution < -0.4 is 0 Å². The van der Waals surface area contributed by atoms with Gasteiger partial charge in [0.25, 0.3) is 6.29 Å². The number of carboxylic acid groups (broad SMARTS) is 1. The lowest BCUT2D eigenvalue weighted by molar-refractivity contribution is -0.870. The topological polar surface area (TPSA) is 108 Å². The Balaban J connectivity index is 4.31. The van der Waals surface area contributed by atoms with Crippen molar-refractivity contribution in [2.24, 2.45) is 0 Å². The van der Waals surface area contributed by atoms with Gasteiger partial charge in [0.1, 0.15) is 13.2 Å². The molecule has 0 bridgehead atoms. The standard InChI is InChI=1S/C74H115NO8/c1-6-8-10-12-14-16-18-20-22-24-26-28-30-31-32-33-34-35-36-37-38-39-40-41-43-45-47-49-51-53-55-57-59-61-63-65-72(77)83-70(69-82-74(73(78)79)80-67-66-75(3,4)5)68-81-71(76)64-62-60-58-56-54-52-50-48-46-44-42-29-27-25-23-21-19-17-15-13-11-9-7-2/h8-11,14-17,20-23,26-29,31-32,34-35,37-38,40-41,44,46,50,52,56,58,70,74H,6-7,12-13,18-19,24-25,30,33,36,39,42-43,45,47-49,51,53-55,57,59-69H2,1-5H3/p+1/b10-8-,11-9-,16-14-,17-15-,22-20-,23-21-,28-26-,29-27-,32-31-,35-34-,38-37-,41-40-,46-44-,52-50-,58-56-. The van der Waals surface area contributed by atoms with Gasteiger partial charge in [0.05, 0.1) is 34.4 Å². The summed E-state index contributed by atoms with van der Waals surface area (Å²) in [6.07, 6.45) is 92.7. The largest absolute Gasteiger partial charge is 0.477 e. The van der Waals surface area contributed by atoms with E-state index in [1.165, 1.54) is 38.5 Å². The van der Waals surface area contributed by atoms with Gasteiger partial charge in [-0.2, -0.15) is 0 Å². The van der Waals surface area contributed by atoms with Gasteiger partial charge in [0.2, 0.25) is 0 Å². The Morgan fingerprint density at radius 3 is 1.00 bits per heavy atom. The first-order valence-electron chi connectivity index (χ1n) is 31.9. The number of allylic oxidation sites excluding steroid dienone is 30. The number of hydrogen-bond donors (Lipinski definition) is 1. The molecule has 0 aromatic heterocycles. The Kier molecular flexibility index (Phi) is 58.2. The highest BCUT2D eigenvalue weighted by Crippen LogP contribution is 2.14. The molecule has 1 N–H and O–H groups in total. The number of rotatable bonds is 56. The Morgan fingerprint density at radius 1 is 0.361 bits per heavy atom. The second kappa shape index (κ2) is 62.4. The summed E-state index contributed by atoms with van der Waals surface area (Å²) in [5, 5.41) is 9.72. The molecule has 0 aliphatic carbocycles. The van der Waals surface area contributed by atoms with Crippen LogP contribution in [-0.2, 0) is 33.3 Å². The number of carboxylic acids is 1. The molecule has 83 heavy (non-hydrogen) atoms. The molecule has 0 fully saturated rings. The van der Waals surface area contributed by atoms with Gasteiger partial charge in [0, 0.05) is 12.8 Å². The molecular weight excluding hydrogens is 1030 g/mol. The first-order valence-corrected chi connectivity index (χ1v) is 31.9. The number of ether oxygens (including phenoxy) is 4. The second-order valence-corrected chi connectivity index (χ2v) is 21.6. The molecule has 0 saturated heterocycles. The van der Waals surface area contributed by atoms with Crippen LogP contribution in [0.5, 0.6) is 0 Å². The van der Waals surface area contributed by atoms with E-state index < -0.39 is 30.3 Å². The van der Waals surface area contributed by atoms with Crippen LogP contribution in [0, 0.1) is 0 Å². The molecule has 0 spiro atoms. The maximum absolute atomic E-state index is 12.9. The van der Waals surface area contributed by atoms with E-state index in [2.05, 4.69) is 196 Å². The van der Waals surface area contributed by atoms with Crippen LogP contribution in [0.25, 0.3) is 0 Å². The van der Waals surface area contributed by atoms with Crippen LogP contribution in [0.15, 0.2) is 182 Å². The van der Waals surface area contributed by atoms with E-state index in [4.69, 9.17) is 18.9 Å². The quantitative estimate of drug-likeness (QED) is 0.0211. The highest BCUT2D eigenvalue weighted by atomic mass is 16.7. The van der Waals surface area contributed by atoms with E-state index in [9.17, 15) is 19.5 Å². The van der Waals surface area contributed by atoms with Crippen molar-refractivity contribution in [3.63, 3.8) is 0 Å². The predicted octanol–water partition coefficient (Wildman–Crippen LogP) is 19.7. The molecular formula is C74H116NO8+. The molecule has 0 heterocycles. The Bertz CT molecular complexity index is 2010. The number of carbonyl (C=O) groups excluding carboxylic acids is 2. The lowest BCUT2D eigenvalue weighted by Gasteiger charge is -2.25. The minimum atomic E-state index is -1.54. The van der Waals surface area contributed by atoms with E-state index >= 15 is 0 Å². The average molecular weight is 1150 g/mol. The summed E-state index contributed by atoms with van der Waals surface area (Å²) in [5.74, 6) is -2.11. The van der Waals surface area contributed by atoms with Gasteiger partial charge >= 0.3 is 17.9 Å². The predicted molar refractivity (Wildman–Crippen MR) is 354 cm³/mol. The molecule has 464 valence electrons. The van der Waals surface area contributed by atoms with E-state index in [-0.39, 0.29) is 32.7 Å². The van der Waals surface area contributed by atoms with E-state index in [0.29, 0.717) is 23.9 Å². The SMILES string of the molecule is CC/C=C\C/C=C\C/C=C\C/C=C\C/C=C\C/C=C\C/C=C\C/C=C\CCCCCCCCCCCCC(=O)OC(COC(=O)CCC/C=C\C/C=C\C/C=C\C/C=C\C/C=C\C/C=C\C/C=C\CC)COC(OCC[N+](C)(C)C)C(=O)O. The summed E-state index contributed by atoms with van der Waals surface area (Å²) in [6.45, 7) is 4.55. The molecule has 0 aromatic carbocycles. The van der Waals surface area contributed by atoms with Crippen molar-refractivity contribution in [2.45, 2.75) is 219 Å². The van der Waals surface area contributed by atoms with Gasteiger partial charge in [0.15, 0.2) is 6.10 Å². The van der Waals surface area contributed by atoms with Gasteiger partial charge in [-0.1, -0.05) is 247 Å². The molecule has 2 unspecified atom stereocenters. The highest BCUT2D eigenvalue weighted by Gasteiger charge is 2.25. The van der Waals surface area contributed by atoms with Crippen molar-refractivity contribution in [3.05, 3.63) is 182 Å². The zero-order chi connectivity index (χ0) is 60.5. The van der Waals surface area contributed by atoms with Crippen molar-refractivity contribution < 1.29 is 42.9 Å². The summed E-state index contributed by atoms with van der Waals surface area (Å²) in [5.41, 5.74) is 0. The average Bonchev–Trinajstić information content (AvgIpc) is 3.46. The summed E-state index contributed by atoms with van der Waals surface area (Å²) in [7, 11) is 5.94. The third-order valence-electron chi connectivity index (χ3n) is 12.7. The molecule has 0 amide bonds. The molecule has 0 aliphatic rings. The fourth-order valence-corrected chi connectivity index (χ4v) is 7.84. The van der Waals surface area contributed by atoms with Crippen LogP contribution in [-0.4, -0.2) is 87.4 Å². The molecule has 0 radical (unpaired) electrons. The summed E-state index contributed by atoms with van der Waals surface area (Å²) in [6, 6.07) is 0. The van der Waals surface area contributed by atoms with Crippen LogP contribution in [0.3, 0.4) is 0 Å². The maximum atomic E-state index is 12.9. The number of esters is 2. The Hall–Kier alpha value is -5.61. The van der Waals surface area contributed by atoms with Crippen molar-refractivity contribution in [1.29, 1.82) is 0 Å². The molecule has 0 aromatic rings. The summed E-state index contributed by atoms with van der Waals surface area (Å²) < 4.78 is 22.8. The van der Waals surface area contributed by atoms with Crippen molar-refractivity contribution in [3.8, 4) is 0 Å². The zero-order valence-corrected chi connectivity index (χ0v) is 52.8. The minimum Gasteiger partial charge on any atom is -0.477 e. The van der Waals surface area contributed by atoms with E-state index in [1.807, 2.05) is 21.1 Å². The van der Waals surface area contributed by atoms with Crippen molar-refractivity contribution >= 4 is 17.9 Å². The minimum absolute atomic E-state index is 0.167. The Labute approximate surface area is 507 Å². The smallest absolute Gasteiger partial charge is 0.361 e. The number of hydrogen-bond acceptors (Lipinski definition) is 7. The maximum Gasteiger partial charge on any atom is 0.361 e. The second-order valence-electron chi connectivity index (χ2n) is 21.6. The molecule has 0 rings (SSSR count). The van der Waals surface area contributed by atoms with Gasteiger partial charge in [-0.05, 0) is 128 Å². The van der Waals surface area contributed by atoms with Gasteiger partial charge in [-0.3, -0.25) is 9.59 Å². The first-order chi connectivity index (χ1) is 40.6. The molecule has 0 aliphatic heterocycles. The Morgan fingerprint density at radius 2 is 0.663 bits per heavy atom. The van der Waals surface area contributed by atoms with Crippen molar-refractivity contribution in [1.82, 2.24) is 0 Å². The number of aliphatic carboxylic acids is 1. The van der Waals surface area contributed by atoms with Gasteiger partial charge in [-0.15, -0.1) is 0 Å². The third-order valence-corrected chi connectivity index (χ3v) is 12.7. The lowest BCUT2D eigenvalue weighted by Crippen LogP contribution is -2.40. The van der Waals surface area contributed by atoms with Crippen molar-refractivity contribution in [2.75, 3.05) is 47.5 Å². The van der Waals surface area contributed by atoms with Gasteiger partial charge < -0.3 is 28.5 Å². The van der Waals surface area contributed by atoms with E-state index in [1.54, 1.807) is 0 Å². The summed E-state index contributed by atoms with van der Waals surface area (Å²) in [4.78, 5) is 37.5. The van der Waals surface area contributed by atoms with Crippen LogP contribution in [0.2, 0.25) is 0 Å². The number of carbonyl (C=O) groups is 3. The first kappa shape index (κ1) is 77.4. The van der Waals surface area contributed by atoms with Gasteiger partial charge in [-0.25, -0.2) is 4.79 Å². The fraction of sp³-hybridized carbons (Fsp3) is 0.554. The zero-order valence-electron chi connectivity index (χ0n) is 52.8. The van der Waals surface area contributed by atoms with Crippen LogP contribution in [0.1, 0.15) is 206 Å². The fourth-order valence-electron chi connectivity index (χ4n) is 7.84. The monoisotopic (exact) mass is 1150 g/mol.